The van der Waals surface area contributed by atoms with Gasteiger partial charge in [0.05, 0.1) is 6.33 Å². The van der Waals surface area contributed by atoms with Crippen LogP contribution in [0.25, 0.3) is 0 Å². The van der Waals surface area contributed by atoms with Gasteiger partial charge in [-0.2, -0.15) is 0 Å². The molecule has 3 heteroatoms. The molecule has 2 fully saturated rings. The molecule has 2 aliphatic carbocycles. The van der Waals surface area contributed by atoms with Crippen molar-refractivity contribution in [2.45, 2.75) is 32.1 Å². The van der Waals surface area contributed by atoms with E-state index in [-0.39, 0.29) is 11.7 Å². The first-order chi connectivity index (χ1) is 7.19. The van der Waals surface area contributed by atoms with Gasteiger partial charge in [-0.05, 0) is 31.1 Å². The van der Waals surface area contributed by atoms with E-state index >= 15 is 0 Å². The summed E-state index contributed by atoms with van der Waals surface area (Å²) in [5.74, 6) is 0.522. The van der Waals surface area contributed by atoms with Crippen molar-refractivity contribution < 1.29 is 4.79 Å². The average molecular weight is 204 g/mol. The average Bonchev–Trinajstić information content (AvgIpc) is 2.46. The van der Waals surface area contributed by atoms with Crippen LogP contribution in [0.5, 0.6) is 0 Å². The Hall–Kier alpha value is -1.12. The third kappa shape index (κ3) is 1.33. The lowest BCUT2D eigenvalue weighted by atomic mass is 9.51. The zero-order chi connectivity index (χ0) is 10.5. The van der Waals surface area contributed by atoms with Gasteiger partial charge in [-0.15, -0.1) is 0 Å². The number of hydrogen-bond acceptors (Lipinski definition) is 2. The topological polar surface area (TPSA) is 34.9 Å². The summed E-state index contributed by atoms with van der Waals surface area (Å²) < 4.78 is 1.84. The molecule has 0 bridgehead atoms. The molecule has 0 aliphatic heterocycles. The first kappa shape index (κ1) is 9.13. The number of Topliss-reactive ketones (excluding diaryl/α,β-unsaturated/α-hetero) is 1. The standard InChI is InChI=1S/C12H16N2O/c1-14-7-10(13-8-14)11(15)9-5-12(6-9)3-2-4-12/h7-9H,2-6H2,1H3. The van der Waals surface area contributed by atoms with Gasteiger partial charge in [0.15, 0.2) is 5.78 Å². The van der Waals surface area contributed by atoms with Crippen LogP contribution in [0.4, 0.5) is 0 Å². The minimum absolute atomic E-state index is 0.258. The maximum absolute atomic E-state index is 12.0. The third-order valence-electron chi connectivity index (χ3n) is 4.10. The van der Waals surface area contributed by atoms with Crippen molar-refractivity contribution >= 4 is 5.78 Å². The van der Waals surface area contributed by atoms with Crippen molar-refractivity contribution in [2.24, 2.45) is 18.4 Å². The Morgan fingerprint density at radius 1 is 1.53 bits per heavy atom. The summed E-state index contributed by atoms with van der Waals surface area (Å²) in [6, 6.07) is 0. The molecule has 1 aromatic heterocycles. The van der Waals surface area contributed by atoms with Crippen molar-refractivity contribution in [1.82, 2.24) is 9.55 Å². The highest BCUT2D eigenvalue weighted by molar-refractivity contribution is 5.96. The Morgan fingerprint density at radius 3 is 2.73 bits per heavy atom. The van der Waals surface area contributed by atoms with Gasteiger partial charge >= 0.3 is 0 Å². The molecule has 0 amide bonds. The van der Waals surface area contributed by atoms with Crippen LogP contribution in [0.15, 0.2) is 12.5 Å². The summed E-state index contributed by atoms with van der Waals surface area (Å²) in [5, 5.41) is 0. The van der Waals surface area contributed by atoms with Crippen molar-refractivity contribution in [2.75, 3.05) is 0 Å². The van der Waals surface area contributed by atoms with E-state index in [4.69, 9.17) is 0 Å². The van der Waals surface area contributed by atoms with Gasteiger partial charge in [-0.1, -0.05) is 6.42 Å². The molecule has 1 aromatic rings. The maximum atomic E-state index is 12.0. The Kier molecular flexibility index (Phi) is 1.79. The van der Waals surface area contributed by atoms with Crippen molar-refractivity contribution in [3.05, 3.63) is 18.2 Å². The number of carbonyl (C=O) groups is 1. The van der Waals surface area contributed by atoms with Crippen LogP contribution in [-0.4, -0.2) is 15.3 Å². The molecule has 80 valence electrons. The predicted molar refractivity (Wildman–Crippen MR) is 56.5 cm³/mol. The fraction of sp³-hybridized carbons (Fsp3) is 0.667. The minimum atomic E-state index is 0.258. The highest BCUT2D eigenvalue weighted by Crippen LogP contribution is 2.59. The predicted octanol–water partition coefficient (Wildman–Crippen LogP) is 2.18. The number of nitrogens with zero attached hydrogens (tertiary/aromatic N) is 2. The molecule has 2 saturated carbocycles. The third-order valence-corrected chi connectivity index (χ3v) is 4.10. The lowest BCUT2D eigenvalue weighted by molar-refractivity contribution is -0.0152. The molecule has 1 spiro atoms. The molecule has 2 aliphatic rings. The highest BCUT2D eigenvalue weighted by Gasteiger charge is 2.50. The number of aromatic nitrogens is 2. The van der Waals surface area contributed by atoms with E-state index in [1.165, 1.54) is 19.3 Å². The summed E-state index contributed by atoms with van der Waals surface area (Å²) in [7, 11) is 1.90. The molecule has 0 saturated heterocycles. The van der Waals surface area contributed by atoms with Gasteiger partial charge in [-0.3, -0.25) is 4.79 Å². The minimum Gasteiger partial charge on any atom is -0.340 e. The van der Waals surface area contributed by atoms with E-state index in [9.17, 15) is 4.79 Å². The van der Waals surface area contributed by atoms with Crippen LogP contribution in [0, 0.1) is 11.3 Å². The van der Waals surface area contributed by atoms with Gasteiger partial charge in [0.25, 0.3) is 0 Å². The van der Waals surface area contributed by atoms with Gasteiger partial charge in [0.1, 0.15) is 5.69 Å². The number of hydrogen-bond donors (Lipinski definition) is 0. The summed E-state index contributed by atoms with van der Waals surface area (Å²) in [6.45, 7) is 0. The number of imidazole rings is 1. The van der Waals surface area contributed by atoms with Crippen LogP contribution >= 0.6 is 0 Å². The van der Waals surface area contributed by atoms with Gasteiger partial charge in [0.2, 0.25) is 0 Å². The SMILES string of the molecule is Cn1cnc(C(=O)C2CC3(CCC3)C2)c1. The summed E-state index contributed by atoms with van der Waals surface area (Å²) in [4.78, 5) is 16.1. The van der Waals surface area contributed by atoms with Gasteiger partial charge < -0.3 is 4.57 Å². The summed E-state index contributed by atoms with van der Waals surface area (Å²) >= 11 is 0. The Balaban J connectivity index is 1.67. The zero-order valence-corrected chi connectivity index (χ0v) is 9.07. The molecule has 3 nitrogen and oxygen atoms in total. The smallest absolute Gasteiger partial charge is 0.185 e. The molecule has 1 heterocycles. The van der Waals surface area contributed by atoms with E-state index in [1.807, 2.05) is 17.8 Å². The molecular formula is C12H16N2O. The highest BCUT2D eigenvalue weighted by atomic mass is 16.1. The van der Waals surface area contributed by atoms with E-state index in [2.05, 4.69) is 4.98 Å². The second-order valence-electron chi connectivity index (χ2n) is 5.25. The van der Waals surface area contributed by atoms with Crippen molar-refractivity contribution in [3.8, 4) is 0 Å². The zero-order valence-electron chi connectivity index (χ0n) is 9.07. The molecular weight excluding hydrogens is 188 g/mol. The molecule has 3 rings (SSSR count). The van der Waals surface area contributed by atoms with Gasteiger partial charge in [-0.25, -0.2) is 4.98 Å². The maximum Gasteiger partial charge on any atom is 0.185 e. The molecule has 0 N–H and O–H groups in total. The number of carbonyl (C=O) groups excluding carboxylic acids is 1. The molecule has 0 atom stereocenters. The van der Waals surface area contributed by atoms with Crippen molar-refractivity contribution in [3.63, 3.8) is 0 Å². The fourth-order valence-electron chi connectivity index (χ4n) is 3.01. The lowest BCUT2D eigenvalue weighted by Gasteiger charge is -2.53. The quantitative estimate of drug-likeness (QED) is 0.692. The number of rotatable bonds is 2. The van der Waals surface area contributed by atoms with E-state index in [1.54, 1.807) is 6.33 Å². The van der Waals surface area contributed by atoms with Gasteiger partial charge in [0, 0.05) is 19.2 Å². The van der Waals surface area contributed by atoms with Crippen molar-refractivity contribution in [1.29, 1.82) is 0 Å². The fourth-order valence-corrected chi connectivity index (χ4v) is 3.01. The summed E-state index contributed by atoms with van der Waals surface area (Å²) in [5.41, 5.74) is 1.23. The van der Waals surface area contributed by atoms with E-state index in [0.29, 0.717) is 11.1 Å². The Morgan fingerprint density at radius 2 is 2.27 bits per heavy atom. The second-order valence-corrected chi connectivity index (χ2v) is 5.25. The first-order valence-electron chi connectivity index (χ1n) is 5.71. The molecule has 0 aromatic carbocycles. The largest absolute Gasteiger partial charge is 0.340 e. The van der Waals surface area contributed by atoms with Crippen LogP contribution < -0.4 is 0 Å². The summed E-state index contributed by atoms with van der Waals surface area (Å²) in [6.07, 6.45) is 9.81. The number of ketones is 1. The Labute approximate surface area is 89.5 Å². The van der Waals surface area contributed by atoms with Crippen LogP contribution in [-0.2, 0) is 7.05 Å². The molecule has 0 radical (unpaired) electrons. The normalized spacial score (nSPS) is 23.5. The van der Waals surface area contributed by atoms with Crippen LogP contribution in [0.1, 0.15) is 42.6 Å². The van der Waals surface area contributed by atoms with Crippen LogP contribution in [0.3, 0.4) is 0 Å². The van der Waals surface area contributed by atoms with E-state index in [0.717, 1.165) is 12.8 Å². The lowest BCUT2D eigenvalue weighted by Crippen LogP contribution is -2.45. The Bertz CT molecular complexity index is 396. The van der Waals surface area contributed by atoms with E-state index < -0.39 is 0 Å². The second kappa shape index (κ2) is 2.94. The van der Waals surface area contributed by atoms with Crippen LogP contribution in [0.2, 0.25) is 0 Å². The first-order valence-corrected chi connectivity index (χ1v) is 5.71. The monoisotopic (exact) mass is 204 g/mol. The number of aryl methyl sites for hydroxylation is 1. The molecule has 0 unspecified atom stereocenters. The molecule has 15 heavy (non-hydrogen) atoms.